The van der Waals surface area contributed by atoms with Crippen LogP contribution in [0.5, 0.6) is 0 Å². The summed E-state index contributed by atoms with van der Waals surface area (Å²) < 4.78 is 24.7. The van der Waals surface area contributed by atoms with Gasteiger partial charge in [0.1, 0.15) is 21.2 Å². The third-order valence-electron chi connectivity index (χ3n) is 2.73. The number of hydrogen-bond acceptors (Lipinski definition) is 4. The molecule has 0 aromatic carbocycles. The lowest BCUT2D eigenvalue weighted by atomic mass is 10.3. The van der Waals surface area contributed by atoms with Crippen LogP contribution in [0.3, 0.4) is 0 Å². The van der Waals surface area contributed by atoms with Gasteiger partial charge in [-0.05, 0) is 6.92 Å². The van der Waals surface area contributed by atoms with E-state index in [2.05, 4.69) is 9.97 Å². The second kappa shape index (κ2) is 5.26. The fourth-order valence-corrected chi connectivity index (χ4v) is 3.60. The Hall–Kier alpha value is -0.850. The summed E-state index contributed by atoms with van der Waals surface area (Å²) in [5.74, 6) is 0.767. The second-order valence-electron chi connectivity index (χ2n) is 4.46. The number of sulfone groups is 1. The molecule has 0 fully saturated rings. The van der Waals surface area contributed by atoms with Crippen LogP contribution in [0.1, 0.15) is 18.8 Å². The van der Waals surface area contributed by atoms with Gasteiger partial charge in [0.15, 0.2) is 0 Å². The molecule has 0 spiro atoms. The standard InChI is InChI=1S/C11H13Cl2N3O2S/c1-7(6-19(2,17)18)16-10(3-12)15-9-5-14-4-8(13)11(9)16/h4-5,7H,3,6H2,1-2H3. The normalized spacial score (nSPS) is 13.9. The molecule has 5 nitrogen and oxygen atoms in total. The zero-order chi connectivity index (χ0) is 14.2. The van der Waals surface area contributed by atoms with Gasteiger partial charge in [0.2, 0.25) is 0 Å². The number of aromatic nitrogens is 3. The van der Waals surface area contributed by atoms with E-state index in [1.807, 2.05) is 0 Å². The highest BCUT2D eigenvalue weighted by Gasteiger charge is 2.20. The Morgan fingerprint density at radius 2 is 2.11 bits per heavy atom. The molecule has 0 aliphatic carbocycles. The summed E-state index contributed by atoms with van der Waals surface area (Å²) in [5, 5.41) is 0.432. The molecule has 2 aromatic heterocycles. The summed E-state index contributed by atoms with van der Waals surface area (Å²) in [6.07, 6.45) is 4.29. The van der Waals surface area contributed by atoms with Gasteiger partial charge in [0.05, 0.1) is 28.4 Å². The highest BCUT2D eigenvalue weighted by molar-refractivity contribution is 7.90. The quantitative estimate of drug-likeness (QED) is 0.811. The summed E-state index contributed by atoms with van der Waals surface area (Å²) in [6, 6.07) is -0.298. The number of imidazole rings is 1. The maximum absolute atomic E-state index is 11.4. The number of pyridine rings is 1. The molecule has 0 saturated carbocycles. The molecule has 0 amide bonds. The Morgan fingerprint density at radius 3 is 2.68 bits per heavy atom. The van der Waals surface area contributed by atoms with Crippen LogP contribution in [-0.2, 0) is 15.7 Å². The van der Waals surface area contributed by atoms with E-state index in [-0.39, 0.29) is 17.7 Å². The van der Waals surface area contributed by atoms with Gasteiger partial charge in [-0.3, -0.25) is 4.98 Å². The first-order valence-electron chi connectivity index (χ1n) is 5.57. The van der Waals surface area contributed by atoms with E-state index < -0.39 is 9.84 Å². The maximum Gasteiger partial charge on any atom is 0.149 e. The third-order valence-corrected chi connectivity index (χ3v) is 4.33. The van der Waals surface area contributed by atoms with E-state index in [0.29, 0.717) is 21.9 Å². The molecule has 0 N–H and O–H groups in total. The van der Waals surface area contributed by atoms with Gasteiger partial charge in [0, 0.05) is 18.5 Å². The summed E-state index contributed by atoms with van der Waals surface area (Å²) in [7, 11) is -3.11. The Kier molecular flexibility index (Phi) is 4.03. The Bertz CT molecular complexity index is 712. The summed E-state index contributed by atoms with van der Waals surface area (Å²) in [4.78, 5) is 8.30. The first-order chi connectivity index (χ1) is 8.83. The fraction of sp³-hybridized carbons (Fsp3) is 0.455. The lowest BCUT2D eigenvalue weighted by Gasteiger charge is -2.16. The minimum atomic E-state index is -3.11. The predicted octanol–water partition coefficient (Wildman–Crippen LogP) is 2.43. The number of hydrogen-bond donors (Lipinski definition) is 0. The molecule has 0 saturated heterocycles. The monoisotopic (exact) mass is 321 g/mol. The van der Waals surface area contributed by atoms with Crippen LogP contribution in [0.15, 0.2) is 12.4 Å². The fourth-order valence-electron chi connectivity index (χ4n) is 2.14. The number of fused-ring (bicyclic) bond motifs is 1. The van der Waals surface area contributed by atoms with Crippen LogP contribution in [0, 0.1) is 0 Å². The average Bonchev–Trinajstić information content (AvgIpc) is 2.66. The molecule has 1 atom stereocenters. The van der Waals surface area contributed by atoms with E-state index >= 15 is 0 Å². The molecular formula is C11H13Cl2N3O2S. The van der Waals surface area contributed by atoms with Crippen LogP contribution in [-0.4, -0.2) is 35.0 Å². The van der Waals surface area contributed by atoms with E-state index in [1.165, 1.54) is 12.5 Å². The van der Waals surface area contributed by atoms with Gasteiger partial charge in [-0.25, -0.2) is 13.4 Å². The molecule has 0 radical (unpaired) electrons. The van der Waals surface area contributed by atoms with Crippen LogP contribution >= 0.6 is 23.2 Å². The molecule has 1 unspecified atom stereocenters. The van der Waals surface area contributed by atoms with Gasteiger partial charge < -0.3 is 4.57 Å². The molecule has 2 rings (SSSR count). The van der Waals surface area contributed by atoms with Crippen molar-refractivity contribution in [3.8, 4) is 0 Å². The van der Waals surface area contributed by atoms with Gasteiger partial charge in [-0.1, -0.05) is 11.6 Å². The van der Waals surface area contributed by atoms with Gasteiger partial charge >= 0.3 is 0 Å². The van der Waals surface area contributed by atoms with E-state index in [0.717, 1.165) is 0 Å². The summed E-state index contributed by atoms with van der Waals surface area (Å²) in [6.45, 7) is 1.80. The van der Waals surface area contributed by atoms with Crippen molar-refractivity contribution in [3.05, 3.63) is 23.2 Å². The van der Waals surface area contributed by atoms with Gasteiger partial charge in [0.25, 0.3) is 0 Å². The minimum Gasteiger partial charge on any atom is -0.322 e. The van der Waals surface area contributed by atoms with Gasteiger partial charge in [-0.2, -0.15) is 0 Å². The summed E-state index contributed by atoms with van der Waals surface area (Å²) >= 11 is 12.0. The molecule has 19 heavy (non-hydrogen) atoms. The molecule has 104 valence electrons. The SMILES string of the molecule is CC(CS(C)(=O)=O)n1c(CCl)nc2cncc(Cl)c21. The van der Waals surface area contributed by atoms with Crippen LogP contribution in [0.4, 0.5) is 0 Å². The first-order valence-corrected chi connectivity index (χ1v) is 8.55. The highest BCUT2D eigenvalue weighted by atomic mass is 35.5. The Balaban J connectivity index is 2.63. The van der Waals surface area contributed by atoms with Crippen molar-refractivity contribution in [1.82, 2.24) is 14.5 Å². The lowest BCUT2D eigenvalue weighted by molar-refractivity contribution is 0.561. The molecule has 2 heterocycles. The first kappa shape index (κ1) is 14.6. The van der Waals surface area contributed by atoms with Gasteiger partial charge in [-0.15, -0.1) is 11.6 Å². The smallest absolute Gasteiger partial charge is 0.149 e. The number of halogens is 2. The Labute approximate surface area is 121 Å². The van der Waals surface area contributed by atoms with E-state index in [4.69, 9.17) is 23.2 Å². The number of rotatable bonds is 4. The zero-order valence-corrected chi connectivity index (χ0v) is 12.8. The van der Waals surface area contributed by atoms with Crippen molar-refractivity contribution in [2.75, 3.05) is 12.0 Å². The zero-order valence-electron chi connectivity index (χ0n) is 10.5. The van der Waals surface area contributed by atoms with Crippen molar-refractivity contribution >= 4 is 44.1 Å². The van der Waals surface area contributed by atoms with Crippen LogP contribution < -0.4 is 0 Å². The maximum atomic E-state index is 11.4. The average molecular weight is 322 g/mol. The van der Waals surface area contributed by atoms with Crippen LogP contribution in [0.2, 0.25) is 5.02 Å². The molecule has 2 aromatic rings. The molecule has 0 aliphatic rings. The second-order valence-corrected chi connectivity index (χ2v) is 7.32. The summed E-state index contributed by atoms with van der Waals surface area (Å²) in [5.41, 5.74) is 1.28. The molecule has 0 bridgehead atoms. The minimum absolute atomic E-state index is 0.000993. The number of alkyl halides is 1. The van der Waals surface area contributed by atoms with Crippen molar-refractivity contribution in [2.45, 2.75) is 18.8 Å². The van der Waals surface area contributed by atoms with Crippen molar-refractivity contribution in [3.63, 3.8) is 0 Å². The highest BCUT2D eigenvalue weighted by Crippen LogP contribution is 2.28. The largest absolute Gasteiger partial charge is 0.322 e. The van der Waals surface area contributed by atoms with E-state index in [9.17, 15) is 8.42 Å². The molecule has 8 heteroatoms. The Morgan fingerprint density at radius 1 is 1.42 bits per heavy atom. The van der Waals surface area contributed by atoms with Crippen molar-refractivity contribution in [1.29, 1.82) is 0 Å². The third kappa shape index (κ3) is 3.01. The van der Waals surface area contributed by atoms with Crippen molar-refractivity contribution in [2.24, 2.45) is 0 Å². The molecular weight excluding hydrogens is 309 g/mol. The topological polar surface area (TPSA) is 64.8 Å². The lowest BCUT2D eigenvalue weighted by Crippen LogP contribution is -2.18. The van der Waals surface area contributed by atoms with E-state index in [1.54, 1.807) is 17.7 Å². The predicted molar refractivity (Wildman–Crippen MR) is 76.5 cm³/mol. The van der Waals surface area contributed by atoms with Crippen molar-refractivity contribution < 1.29 is 8.42 Å². The number of nitrogens with zero attached hydrogens (tertiary/aromatic N) is 3. The molecule has 0 aliphatic heterocycles. The van der Waals surface area contributed by atoms with Crippen LogP contribution in [0.25, 0.3) is 11.0 Å².